The molecule has 3 rings (SSSR count). The number of β-amino-alcohol motifs (C(OH)–C–C–N with tert-alkyl or cyclic N) is 1. The lowest BCUT2D eigenvalue weighted by molar-refractivity contribution is -0.141. The van der Waals surface area contributed by atoms with Crippen LogP contribution in [0.5, 0.6) is 0 Å². The molecule has 0 saturated carbocycles. The Morgan fingerprint density at radius 2 is 1.85 bits per heavy atom. The predicted molar refractivity (Wildman–Crippen MR) is 151 cm³/mol. The summed E-state index contributed by atoms with van der Waals surface area (Å²) in [5, 5.41) is 18.4. The summed E-state index contributed by atoms with van der Waals surface area (Å²) in [6, 6.07) is 5.14. The number of aliphatic hydroxyl groups excluding tert-OH is 1. The van der Waals surface area contributed by atoms with Crippen LogP contribution in [0.15, 0.2) is 29.8 Å². The lowest BCUT2D eigenvalue weighted by Crippen LogP contribution is -2.56. The number of aliphatic hydroxyl groups is 1. The smallest absolute Gasteiger partial charge is 0.246 e. The van der Waals surface area contributed by atoms with Gasteiger partial charge in [0.1, 0.15) is 24.7 Å². The number of methoxy groups -OCH3 is 1. The fraction of sp³-hybridized carbons (Fsp3) is 0.536. The maximum absolute atomic E-state index is 13.3. The largest absolute Gasteiger partial charge is 0.391 e. The van der Waals surface area contributed by atoms with Crippen molar-refractivity contribution in [1.82, 2.24) is 25.8 Å². The molecule has 0 aliphatic carbocycles. The lowest BCUT2D eigenvalue weighted by atomic mass is 10.0. The van der Waals surface area contributed by atoms with Crippen LogP contribution in [-0.4, -0.2) is 83.1 Å². The number of nitrogens with zero attached hydrogens (tertiary/aromatic N) is 2. The molecule has 12 heteroatoms. The van der Waals surface area contributed by atoms with Crippen molar-refractivity contribution in [1.29, 1.82) is 0 Å². The minimum atomic E-state index is -0.968. The van der Waals surface area contributed by atoms with Gasteiger partial charge in [-0.15, -0.1) is 11.3 Å². The monoisotopic (exact) mass is 573 g/mol. The summed E-state index contributed by atoms with van der Waals surface area (Å²) in [6.07, 6.45) is -0.378. The van der Waals surface area contributed by atoms with E-state index in [0.29, 0.717) is 6.42 Å². The molecule has 0 radical (unpaired) electrons. The van der Waals surface area contributed by atoms with Gasteiger partial charge in [-0.2, -0.15) is 0 Å². The molecule has 0 spiro atoms. The van der Waals surface area contributed by atoms with Crippen LogP contribution < -0.4 is 16.0 Å². The predicted octanol–water partition coefficient (Wildman–Crippen LogP) is 1.38. The van der Waals surface area contributed by atoms with Gasteiger partial charge in [0.2, 0.25) is 23.6 Å². The van der Waals surface area contributed by atoms with Crippen molar-refractivity contribution in [2.75, 3.05) is 20.3 Å². The van der Waals surface area contributed by atoms with Crippen molar-refractivity contribution in [3.63, 3.8) is 0 Å². The highest BCUT2D eigenvalue weighted by atomic mass is 32.1. The summed E-state index contributed by atoms with van der Waals surface area (Å²) in [4.78, 5) is 58.0. The third-order valence-corrected chi connectivity index (χ3v) is 7.63. The van der Waals surface area contributed by atoms with Crippen LogP contribution in [-0.2, 0) is 30.5 Å². The molecule has 1 aliphatic rings. The molecular formula is C28H39N5O6S. The number of thiazole rings is 1. The second-order valence-corrected chi connectivity index (χ2v) is 11.3. The Kier molecular flexibility index (Phi) is 11.2. The summed E-state index contributed by atoms with van der Waals surface area (Å²) < 4.78 is 4.83. The summed E-state index contributed by atoms with van der Waals surface area (Å²) in [7, 11) is 1.38. The Bertz CT molecular complexity index is 1180. The summed E-state index contributed by atoms with van der Waals surface area (Å²) >= 11 is 1.57. The topological polar surface area (TPSA) is 150 Å². The number of ether oxygens (including phenoxy) is 1. The molecular weight excluding hydrogens is 534 g/mol. The van der Waals surface area contributed by atoms with Crippen molar-refractivity contribution in [3.8, 4) is 10.4 Å². The van der Waals surface area contributed by atoms with Crippen LogP contribution in [0, 0.1) is 12.8 Å². The zero-order chi connectivity index (χ0) is 29.4. The van der Waals surface area contributed by atoms with Crippen LogP contribution in [0.25, 0.3) is 10.4 Å². The van der Waals surface area contributed by atoms with Crippen molar-refractivity contribution >= 4 is 35.0 Å². The molecule has 1 saturated heterocycles. The number of likely N-dealkylation sites (tertiary alicyclic amines) is 1. The Balaban J connectivity index is 1.59. The van der Waals surface area contributed by atoms with E-state index in [4.69, 9.17) is 4.74 Å². The molecule has 0 unspecified atom stereocenters. The van der Waals surface area contributed by atoms with E-state index in [0.717, 1.165) is 21.7 Å². The number of rotatable bonds is 12. The number of aryl methyl sites for hydroxylation is 1. The Hall–Kier alpha value is -3.35. The van der Waals surface area contributed by atoms with Crippen molar-refractivity contribution in [2.24, 2.45) is 5.92 Å². The first-order valence-electron chi connectivity index (χ1n) is 13.3. The van der Waals surface area contributed by atoms with Crippen LogP contribution in [0.1, 0.15) is 44.9 Å². The number of carbonyl (C=O) groups is 4. The highest BCUT2D eigenvalue weighted by molar-refractivity contribution is 7.13. The van der Waals surface area contributed by atoms with Gasteiger partial charge in [-0.1, -0.05) is 38.1 Å². The van der Waals surface area contributed by atoms with E-state index >= 15 is 0 Å². The third kappa shape index (κ3) is 8.33. The van der Waals surface area contributed by atoms with Gasteiger partial charge in [0.25, 0.3) is 0 Å². The fourth-order valence-electron chi connectivity index (χ4n) is 4.66. The molecule has 40 heavy (non-hydrogen) atoms. The molecule has 2 aromatic rings. The van der Waals surface area contributed by atoms with Gasteiger partial charge in [-0.3, -0.25) is 19.2 Å². The highest BCUT2D eigenvalue weighted by Gasteiger charge is 2.40. The first kappa shape index (κ1) is 31.2. The highest BCUT2D eigenvalue weighted by Crippen LogP contribution is 2.27. The van der Waals surface area contributed by atoms with Gasteiger partial charge >= 0.3 is 0 Å². The van der Waals surface area contributed by atoms with Crippen LogP contribution in [0.4, 0.5) is 0 Å². The standard InChI is InChI=1S/C28H39N5O6S/c1-16(2)10-22(32-24(35)14-39-5)26(36)31-18(4)28(38)33-13-21(34)11-23(33)27(37)29-12-19-6-8-20(9-7-19)25-17(3)30-15-40-25/h6-9,15-16,18,21-23,34H,10-14H2,1-5H3,(H,29,37)(H,31,36)(H,32,35)/t18-,21+,22-,23-/m0/s1. The van der Waals surface area contributed by atoms with E-state index in [-0.39, 0.29) is 37.9 Å². The van der Waals surface area contributed by atoms with Gasteiger partial charge in [0.15, 0.2) is 0 Å². The number of hydrogen-bond donors (Lipinski definition) is 4. The van der Waals surface area contributed by atoms with Gasteiger partial charge in [-0.05, 0) is 37.3 Å². The van der Waals surface area contributed by atoms with E-state index in [1.807, 2.05) is 45.0 Å². The van der Waals surface area contributed by atoms with Crippen LogP contribution in [0.3, 0.4) is 0 Å². The van der Waals surface area contributed by atoms with Crippen LogP contribution >= 0.6 is 11.3 Å². The van der Waals surface area contributed by atoms with Crippen molar-refractivity contribution in [2.45, 2.75) is 71.3 Å². The van der Waals surface area contributed by atoms with Gasteiger partial charge in [-0.25, -0.2) is 4.98 Å². The lowest BCUT2D eigenvalue weighted by Gasteiger charge is -2.28. The molecule has 4 N–H and O–H groups in total. The molecule has 4 amide bonds. The molecule has 1 aromatic heterocycles. The van der Waals surface area contributed by atoms with Gasteiger partial charge in [0, 0.05) is 26.6 Å². The summed E-state index contributed by atoms with van der Waals surface area (Å²) in [5.41, 5.74) is 4.71. The quantitative estimate of drug-likeness (QED) is 0.300. The summed E-state index contributed by atoms with van der Waals surface area (Å²) in [6.45, 7) is 7.38. The van der Waals surface area contributed by atoms with Gasteiger partial charge in [0.05, 0.1) is 22.2 Å². The minimum Gasteiger partial charge on any atom is -0.391 e. The minimum absolute atomic E-state index is 0.0139. The molecule has 1 aliphatic heterocycles. The van der Waals surface area contributed by atoms with E-state index < -0.39 is 42.0 Å². The Morgan fingerprint density at radius 1 is 1.15 bits per heavy atom. The molecule has 1 fully saturated rings. The van der Waals surface area contributed by atoms with E-state index in [2.05, 4.69) is 20.9 Å². The first-order valence-corrected chi connectivity index (χ1v) is 14.2. The molecule has 218 valence electrons. The Labute approximate surface area is 238 Å². The number of aromatic nitrogens is 1. The number of hydrogen-bond acceptors (Lipinski definition) is 8. The molecule has 11 nitrogen and oxygen atoms in total. The third-order valence-electron chi connectivity index (χ3n) is 6.66. The number of nitrogens with one attached hydrogen (secondary N) is 3. The summed E-state index contributed by atoms with van der Waals surface area (Å²) in [5.74, 6) is -1.69. The van der Waals surface area contributed by atoms with E-state index in [9.17, 15) is 24.3 Å². The maximum Gasteiger partial charge on any atom is 0.246 e. The average molecular weight is 574 g/mol. The second kappa shape index (κ2) is 14.3. The number of benzene rings is 1. The van der Waals surface area contributed by atoms with E-state index in [1.54, 1.807) is 16.8 Å². The van der Waals surface area contributed by atoms with Crippen LogP contribution in [0.2, 0.25) is 0 Å². The SMILES string of the molecule is COCC(=O)N[C@@H](CC(C)C)C(=O)N[C@@H](C)C(=O)N1C[C@H](O)C[C@H]1C(=O)NCc1ccc(-c2scnc2C)cc1. The van der Waals surface area contributed by atoms with Crippen molar-refractivity contribution < 1.29 is 29.0 Å². The molecule has 4 atom stereocenters. The first-order chi connectivity index (χ1) is 19.0. The maximum atomic E-state index is 13.3. The number of amides is 4. The second-order valence-electron chi connectivity index (χ2n) is 10.5. The van der Waals surface area contributed by atoms with Crippen molar-refractivity contribution in [3.05, 3.63) is 41.0 Å². The molecule has 0 bridgehead atoms. The normalized spacial score (nSPS) is 18.3. The molecule has 2 heterocycles. The zero-order valence-electron chi connectivity index (χ0n) is 23.6. The Morgan fingerprint density at radius 3 is 2.45 bits per heavy atom. The fourth-order valence-corrected chi connectivity index (χ4v) is 5.47. The molecule has 1 aromatic carbocycles. The van der Waals surface area contributed by atoms with E-state index in [1.165, 1.54) is 18.9 Å². The average Bonchev–Trinajstić information content (AvgIpc) is 3.51. The zero-order valence-corrected chi connectivity index (χ0v) is 24.4. The van der Waals surface area contributed by atoms with Gasteiger partial charge < -0.3 is 30.7 Å². The number of carbonyl (C=O) groups excluding carboxylic acids is 4.